The van der Waals surface area contributed by atoms with Crippen molar-refractivity contribution in [2.24, 2.45) is 5.92 Å². The van der Waals surface area contributed by atoms with Crippen LogP contribution in [0, 0.1) is 5.92 Å². The smallest absolute Gasteiger partial charge is 0.387 e. The summed E-state index contributed by atoms with van der Waals surface area (Å²) in [6.07, 6.45) is 0. The van der Waals surface area contributed by atoms with Crippen molar-refractivity contribution in [1.29, 1.82) is 0 Å². The van der Waals surface area contributed by atoms with Crippen LogP contribution in [0.3, 0.4) is 0 Å². The molecular formula is C12H15F2NO5S. The fourth-order valence-corrected chi connectivity index (χ4v) is 3.04. The molecular weight excluding hydrogens is 308 g/mol. The van der Waals surface area contributed by atoms with Crippen molar-refractivity contribution in [2.75, 3.05) is 0 Å². The van der Waals surface area contributed by atoms with E-state index in [9.17, 15) is 22.0 Å². The molecule has 21 heavy (non-hydrogen) atoms. The van der Waals surface area contributed by atoms with Gasteiger partial charge in [-0.3, -0.25) is 4.79 Å². The molecule has 9 heteroatoms. The maximum Gasteiger partial charge on any atom is 0.387 e. The minimum absolute atomic E-state index is 0.527. The Bertz CT molecular complexity index is 603. The van der Waals surface area contributed by atoms with Crippen LogP contribution in [0.25, 0.3) is 0 Å². The number of hydrogen-bond acceptors (Lipinski definition) is 4. The molecule has 0 radical (unpaired) electrons. The van der Waals surface area contributed by atoms with Crippen LogP contribution in [0.1, 0.15) is 13.8 Å². The Morgan fingerprint density at radius 3 is 2.33 bits per heavy atom. The van der Waals surface area contributed by atoms with Crippen LogP contribution in [-0.2, 0) is 14.8 Å². The quantitative estimate of drug-likeness (QED) is 0.796. The number of sulfonamides is 1. The van der Waals surface area contributed by atoms with E-state index in [0.29, 0.717) is 0 Å². The third-order valence-electron chi connectivity index (χ3n) is 2.57. The molecule has 0 spiro atoms. The Kier molecular flexibility index (Phi) is 5.62. The van der Waals surface area contributed by atoms with Crippen molar-refractivity contribution in [3.8, 4) is 5.75 Å². The number of carbonyl (C=O) groups is 1. The van der Waals surface area contributed by atoms with Crippen molar-refractivity contribution in [3.63, 3.8) is 0 Å². The van der Waals surface area contributed by atoms with Crippen LogP contribution in [0.2, 0.25) is 0 Å². The van der Waals surface area contributed by atoms with E-state index in [1.54, 1.807) is 0 Å². The standard InChI is InChI=1S/C12H15F2NO5S/c1-7(2)10(11(16)17)15-21(18,19)9-6-4-3-5-8(9)20-12(13)14/h3-7,10,12,15H,1-2H3,(H,16,17). The lowest BCUT2D eigenvalue weighted by Gasteiger charge is -2.19. The van der Waals surface area contributed by atoms with Gasteiger partial charge in [0, 0.05) is 0 Å². The van der Waals surface area contributed by atoms with Gasteiger partial charge in [0.25, 0.3) is 0 Å². The zero-order chi connectivity index (χ0) is 16.2. The largest absolute Gasteiger partial charge is 0.480 e. The summed E-state index contributed by atoms with van der Waals surface area (Å²) in [6, 6.07) is 3.38. The number of halogens is 2. The minimum Gasteiger partial charge on any atom is -0.480 e. The van der Waals surface area contributed by atoms with Crippen LogP contribution in [-0.4, -0.2) is 32.1 Å². The van der Waals surface area contributed by atoms with Gasteiger partial charge in [0.05, 0.1) is 0 Å². The highest BCUT2D eigenvalue weighted by Crippen LogP contribution is 2.25. The number of hydrogen-bond donors (Lipinski definition) is 2. The summed E-state index contributed by atoms with van der Waals surface area (Å²) in [5.41, 5.74) is 0. The number of ether oxygens (including phenoxy) is 1. The molecule has 1 aromatic carbocycles. The molecule has 0 saturated carbocycles. The third kappa shape index (κ3) is 4.64. The number of nitrogens with one attached hydrogen (secondary N) is 1. The normalized spacial score (nSPS) is 13.4. The van der Waals surface area contributed by atoms with E-state index in [-0.39, 0.29) is 0 Å². The van der Waals surface area contributed by atoms with E-state index in [2.05, 4.69) is 4.74 Å². The van der Waals surface area contributed by atoms with Gasteiger partial charge in [0.15, 0.2) is 0 Å². The average molecular weight is 323 g/mol. The highest BCUT2D eigenvalue weighted by molar-refractivity contribution is 7.89. The molecule has 2 N–H and O–H groups in total. The molecule has 1 unspecified atom stereocenters. The van der Waals surface area contributed by atoms with Crippen molar-refractivity contribution < 1.29 is 31.8 Å². The van der Waals surface area contributed by atoms with E-state index in [1.165, 1.54) is 26.0 Å². The molecule has 1 rings (SSSR count). The van der Waals surface area contributed by atoms with E-state index in [4.69, 9.17) is 5.11 Å². The molecule has 0 bridgehead atoms. The van der Waals surface area contributed by atoms with Gasteiger partial charge in [-0.25, -0.2) is 8.42 Å². The van der Waals surface area contributed by atoms with Crippen molar-refractivity contribution in [1.82, 2.24) is 4.72 Å². The lowest BCUT2D eigenvalue weighted by Crippen LogP contribution is -2.44. The predicted molar refractivity (Wildman–Crippen MR) is 69.7 cm³/mol. The molecule has 0 amide bonds. The number of benzene rings is 1. The highest BCUT2D eigenvalue weighted by atomic mass is 32.2. The first-order valence-corrected chi connectivity index (χ1v) is 7.42. The lowest BCUT2D eigenvalue weighted by molar-refractivity contribution is -0.140. The van der Waals surface area contributed by atoms with Crippen LogP contribution in [0.5, 0.6) is 5.75 Å². The Hall–Kier alpha value is -1.74. The highest BCUT2D eigenvalue weighted by Gasteiger charge is 2.30. The van der Waals surface area contributed by atoms with E-state index in [1.807, 2.05) is 4.72 Å². The average Bonchev–Trinajstić information content (AvgIpc) is 2.35. The van der Waals surface area contributed by atoms with Crippen LogP contribution >= 0.6 is 0 Å². The monoisotopic (exact) mass is 323 g/mol. The van der Waals surface area contributed by atoms with Gasteiger partial charge >= 0.3 is 12.6 Å². The van der Waals surface area contributed by atoms with E-state index >= 15 is 0 Å². The Morgan fingerprint density at radius 1 is 1.29 bits per heavy atom. The van der Waals surface area contributed by atoms with Crippen LogP contribution < -0.4 is 9.46 Å². The van der Waals surface area contributed by atoms with Gasteiger partial charge in [-0.2, -0.15) is 13.5 Å². The van der Waals surface area contributed by atoms with Gasteiger partial charge < -0.3 is 9.84 Å². The summed E-state index contributed by atoms with van der Waals surface area (Å²) >= 11 is 0. The summed E-state index contributed by atoms with van der Waals surface area (Å²) < 4.78 is 55.0. The number of rotatable bonds is 7. The van der Waals surface area contributed by atoms with Gasteiger partial charge in [-0.15, -0.1) is 0 Å². The van der Waals surface area contributed by atoms with Gasteiger partial charge in [-0.1, -0.05) is 26.0 Å². The lowest BCUT2D eigenvalue weighted by atomic mass is 10.1. The summed E-state index contributed by atoms with van der Waals surface area (Å²) in [6.45, 7) is -0.159. The van der Waals surface area contributed by atoms with E-state index < -0.39 is 45.2 Å². The van der Waals surface area contributed by atoms with Gasteiger partial charge in [0.2, 0.25) is 10.0 Å². The molecule has 0 aliphatic heterocycles. The zero-order valence-electron chi connectivity index (χ0n) is 11.3. The second-order valence-electron chi connectivity index (χ2n) is 4.51. The van der Waals surface area contributed by atoms with E-state index in [0.717, 1.165) is 12.1 Å². The minimum atomic E-state index is -4.31. The SMILES string of the molecule is CC(C)C(NS(=O)(=O)c1ccccc1OC(F)F)C(=O)O. The number of carboxylic acid groups (broad SMARTS) is 1. The second-order valence-corrected chi connectivity index (χ2v) is 6.19. The summed E-state index contributed by atoms with van der Waals surface area (Å²) in [5, 5.41) is 8.99. The van der Waals surface area contributed by atoms with Gasteiger partial charge in [0.1, 0.15) is 16.7 Å². The molecule has 1 atom stereocenters. The number of aliphatic carboxylic acids is 1. The van der Waals surface area contributed by atoms with Crippen molar-refractivity contribution in [3.05, 3.63) is 24.3 Å². The maximum atomic E-state index is 12.3. The predicted octanol–water partition coefficient (Wildman–Crippen LogP) is 1.68. The Labute approximate surface area is 120 Å². The van der Waals surface area contributed by atoms with Gasteiger partial charge in [-0.05, 0) is 18.1 Å². The van der Waals surface area contributed by atoms with Crippen LogP contribution in [0.15, 0.2) is 29.2 Å². The molecule has 0 saturated heterocycles. The first-order chi connectivity index (χ1) is 9.65. The third-order valence-corrected chi connectivity index (χ3v) is 4.05. The molecule has 0 aliphatic carbocycles. The first kappa shape index (κ1) is 17.3. The Balaban J connectivity index is 3.16. The molecule has 0 fully saturated rings. The molecule has 0 aromatic heterocycles. The Morgan fingerprint density at radius 2 is 1.86 bits per heavy atom. The molecule has 0 heterocycles. The number of alkyl halides is 2. The van der Waals surface area contributed by atoms with Crippen LogP contribution in [0.4, 0.5) is 8.78 Å². The van der Waals surface area contributed by atoms with Crippen molar-refractivity contribution in [2.45, 2.75) is 31.4 Å². The summed E-state index contributed by atoms with van der Waals surface area (Å²) in [5.74, 6) is -2.44. The summed E-state index contributed by atoms with van der Waals surface area (Å²) in [4.78, 5) is 10.5. The summed E-state index contributed by atoms with van der Waals surface area (Å²) in [7, 11) is -4.31. The zero-order valence-corrected chi connectivity index (χ0v) is 12.1. The topological polar surface area (TPSA) is 92.7 Å². The fourth-order valence-electron chi connectivity index (χ4n) is 1.57. The van der Waals surface area contributed by atoms with Crippen molar-refractivity contribution >= 4 is 16.0 Å². The second kappa shape index (κ2) is 6.81. The molecule has 1 aromatic rings. The molecule has 6 nitrogen and oxygen atoms in total. The number of carboxylic acids is 1. The maximum absolute atomic E-state index is 12.3. The number of para-hydroxylation sites is 1. The molecule has 0 aliphatic rings. The fraction of sp³-hybridized carbons (Fsp3) is 0.417. The first-order valence-electron chi connectivity index (χ1n) is 5.94. The molecule has 118 valence electrons.